The highest BCUT2D eigenvalue weighted by atomic mass is 19.1. The van der Waals surface area contributed by atoms with Gasteiger partial charge >= 0.3 is 0 Å². The van der Waals surface area contributed by atoms with E-state index in [1.54, 1.807) is 12.1 Å². The van der Waals surface area contributed by atoms with Crippen LogP contribution in [0.3, 0.4) is 0 Å². The van der Waals surface area contributed by atoms with E-state index in [0.717, 1.165) is 29.1 Å². The second-order valence-electron chi connectivity index (χ2n) is 6.76. The van der Waals surface area contributed by atoms with E-state index in [0.29, 0.717) is 12.5 Å². The monoisotopic (exact) mass is 347 g/mol. The Hall–Kier alpha value is -2.21. The summed E-state index contributed by atoms with van der Waals surface area (Å²) in [6, 6.07) is 4.47. The molecule has 25 heavy (non-hydrogen) atoms. The van der Waals surface area contributed by atoms with Crippen molar-refractivity contribution in [3.05, 3.63) is 52.1 Å². The molecule has 2 N–H and O–H groups in total. The number of nitrogens with zero attached hydrogens (tertiary/aromatic N) is 2. The second-order valence-corrected chi connectivity index (χ2v) is 6.76. The van der Waals surface area contributed by atoms with Gasteiger partial charge < -0.3 is 10.4 Å². The lowest BCUT2D eigenvalue weighted by molar-refractivity contribution is -0.120. The van der Waals surface area contributed by atoms with Crippen LogP contribution in [-0.4, -0.2) is 20.8 Å². The molecule has 2 rings (SSSR count). The third-order valence-electron chi connectivity index (χ3n) is 4.18. The molecule has 0 aliphatic carbocycles. The number of hydrogen-bond acceptors (Lipinski definition) is 3. The predicted molar refractivity (Wildman–Crippen MR) is 94.4 cm³/mol. The van der Waals surface area contributed by atoms with Gasteiger partial charge in [-0.2, -0.15) is 5.10 Å². The smallest absolute Gasteiger partial charge is 0.224 e. The van der Waals surface area contributed by atoms with E-state index in [4.69, 9.17) is 5.11 Å². The zero-order valence-corrected chi connectivity index (χ0v) is 15.3. The first-order chi connectivity index (χ1) is 11.8. The van der Waals surface area contributed by atoms with Crippen LogP contribution in [0, 0.1) is 25.6 Å². The number of aliphatic hydroxyl groups is 1. The number of nitrogens with one attached hydrogen (secondary N) is 1. The minimum absolute atomic E-state index is 0.106. The average Bonchev–Trinajstić information content (AvgIpc) is 2.81. The maximum absolute atomic E-state index is 13.4. The molecule has 0 saturated heterocycles. The van der Waals surface area contributed by atoms with E-state index in [2.05, 4.69) is 24.3 Å². The Labute approximate surface area is 147 Å². The van der Waals surface area contributed by atoms with Crippen molar-refractivity contribution in [1.82, 2.24) is 15.1 Å². The van der Waals surface area contributed by atoms with E-state index >= 15 is 0 Å². The average molecular weight is 347 g/mol. The van der Waals surface area contributed by atoms with Crippen LogP contribution in [0.4, 0.5) is 4.39 Å². The Morgan fingerprint density at radius 3 is 2.72 bits per heavy atom. The second kappa shape index (κ2) is 8.25. The van der Waals surface area contributed by atoms with Crippen LogP contribution in [0.25, 0.3) is 0 Å². The predicted octanol–water partition coefficient (Wildman–Crippen LogP) is 2.65. The van der Waals surface area contributed by atoms with Crippen LogP contribution >= 0.6 is 0 Å². The minimum atomic E-state index is -0.443. The molecule has 0 fully saturated rings. The van der Waals surface area contributed by atoms with E-state index in [1.807, 2.05) is 18.5 Å². The summed E-state index contributed by atoms with van der Waals surface area (Å²) in [5.74, 6) is -0.0644. The fourth-order valence-electron chi connectivity index (χ4n) is 2.80. The molecule has 0 aliphatic rings. The van der Waals surface area contributed by atoms with Crippen molar-refractivity contribution in [2.75, 3.05) is 0 Å². The first-order valence-corrected chi connectivity index (χ1v) is 8.49. The van der Waals surface area contributed by atoms with Gasteiger partial charge in [-0.25, -0.2) is 4.39 Å². The molecule has 1 aromatic heterocycles. The van der Waals surface area contributed by atoms with Crippen molar-refractivity contribution in [2.45, 2.75) is 53.8 Å². The third-order valence-corrected chi connectivity index (χ3v) is 4.18. The van der Waals surface area contributed by atoms with Crippen LogP contribution in [0.2, 0.25) is 0 Å². The van der Waals surface area contributed by atoms with Gasteiger partial charge in [-0.15, -0.1) is 0 Å². The molecule has 1 heterocycles. The number of aromatic nitrogens is 2. The standard InChI is InChI=1S/C19H26FN3O2/c1-12(2)10-23-14(4)17(13(3)22-23)8-19(25)21-9-15-5-6-18(20)16(7-15)11-24/h5-7,12,24H,8-11H2,1-4H3,(H,21,25). The summed E-state index contributed by atoms with van der Waals surface area (Å²) in [5.41, 5.74) is 3.83. The van der Waals surface area contributed by atoms with E-state index in [1.165, 1.54) is 6.07 Å². The van der Waals surface area contributed by atoms with Crippen molar-refractivity contribution >= 4 is 5.91 Å². The van der Waals surface area contributed by atoms with Crippen LogP contribution < -0.4 is 5.32 Å². The van der Waals surface area contributed by atoms with Gasteiger partial charge in [0.1, 0.15) is 5.82 Å². The number of benzene rings is 1. The summed E-state index contributed by atoms with van der Waals surface area (Å²) in [6.07, 6.45) is 0.268. The molecule has 1 amide bonds. The first-order valence-electron chi connectivity index (χ1n) is 8.49. The quantitative estimate of drug-likeness (QED) is 0.809. The maximum atomic E-state index is 13.4. The highest BCUT2D eigenvalue weighted by Crippen LogP contribution is 2.16. The van der Waals surface area contributed by atoms with Crippen molar-refractivity contribution in [1.29, 1.82) is 0 Å². The van der Waals surface area contributed by atoms with Crippen LogP contribution in [0.15, 0.2) is 18.2 Å². The molecule has 0 atom stereocenters. The fraction of sp³-hybridized carbons (Fsp3) is 0.474. The molecule has 136 valence electrons. The molecule has 1 aromatic carbocycles. The molecule has 6 heteroatoms. The van der Waals surface area contributed by atoms with Crippen molar-refractivity contribution < 1.29 is 14.3 Å². The fourth-order valence-corrected chi connectivity index (χ4v) is 2.80. The van der Waals surface area contributed by atoms with Crippen molar-refractivity contribution in [3.63, 3.8) is 0 Å². The molecule has 5 nitrogen and oxygen atoms in total. The van der Waals surface area contributed by atoms with Gasteiger partial charge in [-0.3, -0.25) is 9.48 Å². The van der Waals surface area contributed by atoms with Gasteiger partial charge in [0.25, 0.3) is 0 Å². The Kier molecular flexibility index (Phi) is 6.31. The zero-order chi connectivity index (χ0) is 18.6. The number of amides is 1. The number of carbonyl (C=O) groups excluding carboxylic acids is 1. The first kappa shape index (κ1) is 19.1. The SMILES string of the molecule is Cc1nn(CC(C)C)c(C)c1CC(=O)NCc1ccc(F)c(CO)c1. The van der Waals surface area contributed by atoms with Gasteiger partial charge in [0.05, 0.1) is 18.7 Å². The van der Waals surface area contributed by atoms with E-state index in [9.17, 15) is 9.18 Å². The maximum Gasteiger partial charge on any atom is 0.224 e. The summed E-state index contributed by atoms with van der Waals surface area (Å²) in [6.45, 7) is 8.93. The number of carbonyl (C=O) groups is 1. The Bertz CT molecular complexity index is 753. The minimum Gasteiger partial charge on any atom is -0.392 e. The lowest BCUT2D eigenvalue weighted by Crippen LogP contribution is -2.25. The molecule has 2 aromatic rings. The number of halogens is 1. The van der Waals surface area contributed by atoms with Crippen LogP contribution in [0.5, 0.6) is 0 Å². The van der Waals surface area contributed by atoms with E-state index < -0.39 is 5.82 Å². The normalized spacial score (nSPS) is 11.2. The lowest BCUT2D eigenvalue weighted by Gasteiger charge is -2.09. The molecule has 0 radical (unpaired) electrons. The number of hydrogen-bond donors (Lipinski definition) is 2. The summed E-state index contributed by atoms with van der Waals surface area (Å²) in [4.78, 5) is 12.3. The van der Waals surface area contributed by atoms with Gasteiger partial charge in [-0.05, 0) is 37.5 Å². The highest BCUT2D eigenvalue weighted by molar-refractivity contribution is 5.79. The number of aryl methyl sites for hydroxylation is 1. The summed E-state index contributed by atoms with van der Waals surface area (Å²) < 4.78 is 15.3. The topological polar surface area (TPSA) is 67.2 Å². The van der Waals surface area contributed by atoms with E-state index in [-0.39, 0.29) is 24.5 Å². The van der Waals surface area contributed by atoms with Crippen LogP contribution in [-0.2, 0) is 30.9 Å². The summed E-state index contributed by atoms with van der Waals surface area (Å²) >= 11 is 0. The molecule has 0 spiro atoms. The molecule has 0 bridgehead atoms. The Balaban J connectivity index is 2.00. The highest BCUT2D eigenvalue weighted by Gasteiger charge is 2.15. The molecular weight excluding hydrogens is 321 g/mol. The van der Waals surface area contributed by atoms with Gasteiger partial charge in [0, 0.05) is 29.9 Å². The summed E-state index contributed by atoms with van der Waals surface area (Å²) in [5, 5.41) is 16.5. The number of aliphatic hydroxyl groups excluding tert-OH is 1. The zero-order valence-electron chi connectivity index (χ0n) is 15.3. The number of rotatable bonds is 7. The molecule has 0 aliphatic heterocycles. The third kappa shape index (κ3) is 4.89. The summed E-state index contributed by atoms with van der Waals surface area (Å²) in [7, 11) is 0. The van der Waals surface area contributed by atoms with Gasteiger partial charge in [0.2, 0.25) is 5.91 Å². The van der Waals surface area contributed by atoms with Crippen molar-refractivity contribution in [2.24, 2.45) is 5.92 Å². The van der Waals surface area contributed by atoms with Crippen LogP contribution in [0.1, 0.15) is 41.9 Å². The van der Waals surface area contributed by atoms with Crippen molar-refractivity contribution in [3.8, 4) is 0 Å². The molecule has 0 unspecified atom stereocenters. The Morgan fingerprint density at radius 1 is 1.36 bits per heavy atom. The molecule has 0 saturated carbocycles. The lowest BCUT2D eigenvalue weighted by atomic mass is 10.1. The molecular formula is C19H26FN3O2. The Morgan fingerprint density at radius 2 is 2.08 bits per heavy atom. The largest absolute Gasteiger partial charge is 0.392 e. The van der Waals surface area contributed by atoms with Gasteiger partial charge in [0.15, 0.2) is 0 Å². The van der Waals surface area contributed by atoms with Gasteiger partial charge in [-0.1, -0.05) is 19.9 Å².